The molecule has 0 spiro atoms. The zero-order chi connectivity index (χ0) is 26.4. The maximum atomic E-state index is 11.3. The van der Waals surface area contributed by atoms with Gasteiger partial charge in [0.15, 0.2) is 11.5 Å². The van der Waals surface area contributed by atoms with Gasteiger partial charge in [0.1, 0.15) is 0 Å². The quantitative estimate of drug-likeness (QED) is 0.109. The first kappa shape index (κ1) is 32.8. The molecule has 0 aliphatic rings. The summed E-state index contributed by atoms with van der Waals surface area (Å²) in [6.07, 6.45) is 29.0. The molecule has 1 aromatic rings. The average molecular weight is 503 g/mol. The second kappa shape index (κ2) is 21.9. The van der Waals surface area contributed by atoms with Crippen LogP contribution in [0.2, 0.25) is 0 Å². The monoisotopic (exact) mass is 502 g/mol. The fourth-order valence-electron chi connectivity index (χ4n) is 5.70. The van der Waals surface area contributed by atoms with Crippen molar-refractivity contribution in [2.24, 2.45) is 0 Å². The van der Waals surface area contributed by atoms with Crippen LogP contribution in [0.1, 0.15) is 178 Å². The number of aromatic hydroxyl groups is 2. The molecular formula is C34H62O2. The molecule has 0 radical (unpaired) electrons. The van der Waals surface area contributed by atoms with Crippen molar-refractivity contribution in [3.05, 3.63) is 22.3 Å². The minimum absolute atomic E-state index is 0.215. The summed E-state index contributed by atoms with van der Waals surface area (Å²) in [7, 11) is 0. The van der Waals surface area contributed by atoms with Crippen LogP contribution in [0.3, 0.4) is 0 Å². The van der Waals surface area contributed by atoms with E-state index in [-0.39, 0.29) is 11.5 Å². The Morgan fingerprint density at radius 3 is 0.778 bits per heavy atom. The molecule has 0 atom stereocenters. The van der Waals surface area contributed by atoms with Crippen LogP contribution < -0.4 is 0 Å². The van der Waals surface area contributed by atoms with E-state index in [4.69, 9.17) is 0 Å². The van der Waals surface area contributed by atoms with Crippen LogP contribution in [0, 0.1) is 0 Å². The first-order valence-electron chi connectivity index (χ1n) is 16.2. The Morgan fingerprint density at radius 2 is 0.528 bits per heavy atom. The normalized spacial score (nSPS) is 11.4. The Morgan fingerprint density at radius 1 is 0.306 bits per heavy atom. The van der Waals surface area contributed by atoms with Gasteiger partial charge in [-0.1, -0.05) is 130 Å². The third kappa shape index (κ3) is 12.9. The van der Waals surface area contributed by atoms with Gasteiger partial charge in [0.25, 0.3) is 0 Å². The molecule has 0 fully saturated rings. The molecule has 0 aliphatic heterocycles. The molecule has 0 bridgehead atoms. The molecule has 2 nitrogen and oxygen atoms in total. The first-order chi connectivity index (χ1) is 17.6. The molecule has 1 rings (SSSR count). The van der Waals surface area contributed by atoms with Crippen molar-refractivity contribution in [3.8, 4) is 11.5 Å². The molecule has 1 aromatic carbocycles. The van der Waals surface area contributed by atoms with Gasteiger partial charge in [0.2, 0.25) is 0 Å². The van der Waals surface area contributed by atoms with E-state index in [9.17, 15) is 10.2 Å². The van der Waals surface area contributed by atoms with E-state index in [1.807, 2.05) is 0 Å². The van der Waals surface area contributed by atoms with Gasteiger partial charge in [-0.15, -0.1) is 0 Å². The highest BCUT2D eigenvalue weighted by Gasteiger charge is 2.22. The predicted octanol–water partition coefficient (Wildman–Crippen LogP) is 11.1. The van der Waals surface area contributed by atoms with Gasteiger partial charge in [-0.3, -0.25) is 0 Å². The molecule has 0 aromatic heterocycles. The van der Waals surface area contributed by atoms with Crippen LogP contribution in [0.25, 0.3) is 0 Å². The topological polar surface area (TPSA) is 40.5 Å². The first-order valence-corrected chi connectivity index (χ1v) is 16.2. The average Bonchev–Trinajstić information content (AvgIpc) is 2.88. The number of rotatable bonds is 24. The van der Waals surface area contributed by atoms with E-state index >= 15 is 0 Å². The van der Waals surface area contributed by atoms with Crippen molar-refractivity contribution < 1.29 is 10.2 Å². The van der Waals surface area contributed by atoms with E-state index in [1.54, 1.807) is 0 Å². The molecule has 0 aliphatic carbocycles. The van der Waals surface area contributed by atoms with Crippen LogP contribution in [-0.4, -0.2) is 10.2 Å². The van der Waals surface area contributed by atoms with E-state index in [2.05, 4.69) is 27.7 Å². The molecule has 0 unspecified atom stereocenters. The molecule has 36 heavy (non-hydrogen) atoms. The Labute approximate surface area is 225 Å². The highest BCUT2D eigenvalue weighted by atomic mass is 16.3. The second-order valence-electron chi connectivity index (χ2n) is 11.3. The smallest absolute Gasteiger partial charge is 0.161 e. The predicted molar refractivity (Wildman–Crippen MR) is 160 cm³/mol. The van der Waals surface area contributed by atoms with Crippen molar-refractivity contribution >= 4 is 0 Å². The Kier molecular flexibility index (Phi) is 19.9. The van der Waals surface area contributed by atoms with Crippen molar-refractivity contribution in [3.63, 3.8) is 0 Å². The summed E-state index contributed by atoms with van der Waals surface area (Å²) in [4.78, 5) is 0. The molecular weight excluding hydrogens is 440 g/mol. The number of hydrogen-bond acceptors (Lipinski definition) is 2. The third-order valence-electron chi connectivity index (χ3n) is 8.01. The third-order valence-corrected chi connectivity index (χ3v) is 8.01. The summed E-state index contributed by atoms with van der Waals surface area (Å²) in [6, 6.07) is 0. The Bertz CT molecular complexity index is 607. The van der Waals surface area contributed by atoms with Gasteiger partial charge in [0, 0.05) is 11.1 Å². The largest absolute Gasteiger partial charge is 0.504 e. The molecule has 0 saturated heterocycles. The zero-order valence-electron chi connectivity index (χ0n) is 24.9. The standard InChI is InChI=1S/C34H62O2/c1-5-9-13-17-21-25-29-30(26-22-18-14-10-6-2)32(28-24-20-16-12-8-4)34(36)33(35)31(29)27-23-19-15-11-7-3/h35-36H,5-28H2,1-4H3. The van der Waals surface area contributed by atoms with E-state index in [0.717, 1.165) is 49.7 Å². The Hall–Kier alpha value is -1.18. The lowest BCUT2D eigenvalue weighted by Crippen LogP contribution is -2.08. The minimum Gasteiger partial charge on any atom is -0.504 e. The summed E-state index contributed by atoms with van der Waals surface area (Å²) in [5.74, 6) is 0.430. The maximum Gasteiger partial charge on any atom is 0.161 e. The summed E-state index contributed by atoms with van der Waals surface area (Å²) in [5, 5.41) is 22.5. The summed E-state index contributed by atoms with van der Waals surface area (Å²) >= 11 is 0. The molecule has 2 heteroatoms. The van der Waals surface area contributed by atoms with Gasteiger partial charge < -0.3 is 10.2 Å². The lowest BCUT2D eigenvalue weighted by atomic mass is 9.84. The number of benzene rings is 1. The number of phenols is 2. The van der Waals surface area contributed by atoms with E-state index < -0.39 is 0 Å². The molecule has 0 heterocycles. The van der Waals surface area contributed by atoms with Gasteiger partial charge in [-0.05, 0) is 62.5 Å². The Balaban J connectivity index is 3.20. The maximum absolute atomic E-state index is 11.3. The highest BCUT2D eigenvalue weighted by Crippen LogP contribution is 2.42. The SMILES string of the molecule is CCCCCCCc1c(O)c(O)c(CCCCCCC)c(CCCCCCC)c1CCCCCCC. The number of hydrogen-bond donors (Lipinski definition) is 2. The molecule has 210 valence electrons. The summed E-state index contributed by atoms with van der Waals surface area (Å²) in [5.41, 5.74) is 4.99. The lowest BCUT2D eigenvalue weighted by molar-refractivity contribution is 0.391. The zero-order valence-corrected chi connectivity index (χ0v) is 24.9. The lowest BCUT2D eigenvalue weighted by Gasteiger charge is -2.23. The fraction of sp³-hybridized carbons (Fsp3) is 0.824. The van der Waals surface area contributed by atoms with Gasteiger partial charge in [-0.2, -0.15) is 0 Å². The number of unbranched alkanes of at least 4 members (excludes halogenated alkanes) is 16. The molecule has 0 saturated carbocycles. The number of phenolic OH excluding ortho intramolecular Hbond substituents is 2. The van der Waals surface area contributed by atoms with Crippen LogP contribution >= 0.6 is 0 Å². The molecule has 0 amide bonds. The van der Waals surface area contributed by atoms with E-state index in [0.29, 0.717) is 0 Å². The van der Waals surface area contributed by atoms with Crippen LogP contribution in [0.15, 0.2) is 0 Å². The van der Waals surface area contributed by atoms with Crippen molar-refractivity contribution in [2.45, 2.75) is 182 Å². The minimum atomic E-state index is 0.215. The highest BCUT2D eigenvalue weighted by molar-refractivity contribution is 5.59. The fourth-order valence-corrected chi connectivity index (χ4v) is 5.70. The van der Waals surface area contributed by atoms with Crippen LogP contribution in [-0.2, 0) is 25.7 Å². The second-order valence-corrected chi connectivity index (χ2v) is 11.3. The van der Waals surface area contributed by atoms with E-state index in [1.165, 1.54) is 127 Å². The van der Waals surface area contributed by atoms with Crippen molar-refractivity contribution in [1.29, 1.82) is 0 Å². The van der Waals surface area contributed by atoms with Gasteiger partial charge in [-0.25, -0.2) is 0 Å². The van der Waals surface area contributed by atoms with Gasteiger partial charge >= 0.3 is 0 Å². The van der Waals surface area contributed by atoms with Crippen LogP contribution in [0.5, 0.6) is 11.5 Å². The van der Waals surface area contributed by atoms with Gasteiger partial charge in [0.05, 0.1) is 0 Å². The van der Waals surface area contributed by atoms with Crippen molar-refractivity contribution in [1.82, 2.24) is 0 Å². The molecule has 2 N–H and O–H groups in total. The summed E-state index contributed by atoms with van der Waals surface area (Å²) in [6.45, 7) is 9.07. The summed E-state index contributed by atoms with van der Waals surface area (Å²) < 4.78 is 0. The van der Waals surface area contributed by atoms with Crippen LogP contribution in [0.4, 0.5) is 0 Å². The van der Waals surface area contributed by atoms with Crippen molar-refractivity contribution in [2.75, 3.05) is 0 Å².